The number of carbonyl (C=O) groups excluding carboxylic acids is 4. The fourth-order valence-electron chi connectivity index (χ4n) is 2.70. The summed E-state index contributed by atoms with van der Waals surface area (Å²) in [5.41, 5.74) is 0.143. The van der Waals surface area contributed by atoms with Crippen molar-refractivity contribution in [3.8, 4) is 5.75 Å². The lowest BCUT2D eigenvalue weighted by Crippen LogP contribution is -2.53. The van der Waals surface area contributed by atoms with E-state index in [1.807, 2.05) is 0 Å². The van der Waals surface area contributed by atoms with E-state index in [4.69, 9.17) is 4.74 Å². The summed E-state index contributed by atoms with van der Waals surface area (Å²) >= 11 is 0. The van der Waals surface area contributed by atoms with Crippen LogP contribution in [-0.2, 0) is 9.59 Å². The second-order valence-electron chi connectivity index (χ2n) is 4.93. The van der Waals surface area contributed by atoms with Gasteiger partial charge in [0.15, 0.2) is 0 Å². The third-order valence-electron chi connectivity index (χ3n) is 3.77. The molecule has 22 heavy (non-hydrogen) atoms. The average Bonchev–Trinajstić information content (AvgIpc) is 2.77. The van der Waals surface area contributed by atoms with E-state index in [0.29, 0.717) is 4.90 Å². The molecule has 1 fully saturated rings. The molecule has 2 aliphatic rings. The third kappa shape index (κ3) is 1.80. The van der Waals surface area contributed by atoms with Gasteiger partial charge in [-0.15, -0.1) is 5.12 Å². The standard InChI is InChI=1S/C14H11FN2O5/c1-22-9-4-2-3-7-11(9)14(21)16(12(7)19)8-5-6-10(18)17(15)13(8)20/h2-4,8H,5-6H2,1H3. The number of halogens is 1. The van der Waals surface area contributed by atoms with Gasteiger partial charge in [0.2, 0.25) is 0 Å². The summed E-state index contributed by atoms with van der Waals surface area (Å²) in [7, 11) is 1.35. The first-order valence-corrected chi connectivity index (χ1v) is 6.55. The van der Waals surface area contributed by atoms with E-state index in [1.165, 1.54) is 19.2 Å². The van der Waals surface area contributed by atoms with Crippen LogP contribution in [0.15, 0.2) is 18.2 Å². The van der Waals surface area contributed by atoms with Crippen molar-refractivity contribution >= 4 is 23.6 Å². The van der Waals surface area contributed by atoms with Crippen LogP contribution in [0.5, 0.6) is 5.75 Å². The SMILES string of the molecule is COc1cccc2c1C(=O)N(C1CCC(=O)N(F)C1=O)C2=O. The summed E-state index contributed by atoms with van der Waals surface area (Å²) in [6, 6.07) is 3.17. The highest BCUT2D eigenvalue weighted by Crippen LogP contribution is 2.34. The van der Waals surface area contributed by atoms with Crippen molar-refractivity contribution in [3.05, 3.63) is 29.3 Å². The van der Waals surface area contributed by atoms with Crippen molar-refractivity contribution in [3.63, 3.8) is 0 Å². The molecule has 0 radical (unpaired) electrons. The van der Waals surface area contributed by atoms with Gasteiger partial charge in [0.25, 0.3) is 23.6 Å². The summed E-state index contributed by atoms with van der Waals surface area (Å²) in [6.07, 6.45) is -0.344. The van der Waals surface area contributed by atoms with Crippen molar-refractivity contribution < 1.29 is 28.4 Å². The van der Waals surface area contributed by atoms with Crippen LogP contribution in [0.2, 0.25) is 0 Å². The maximum Gasteiger partial charge on any atom is 0.281 e. The second kappa shape index (κ2) is 4.90. The number of amides is 4. The molecule has 4 amide bonds. The molecule has 0 aliphatic carbocycles. The van der Waals surface area contributed by atoms with Crippen LogP contribution in [0.1, 0.15) is 33.6 Å². The van der Waals surface area contributed by atoms with Gasteiger partial charge in [0, 0.05) is 6.42 Å². The lowest BCUT2D eigenvalue weighted by Gasteiger charge is -2.29. The zero-order chi connectivity index (χ0) is 16.0. The normalized spacial score (nSPS) is 21.5. The number of rotatable bonds is 2. The van der Waals surface area contributed by atoms with Gasteiger partial charge in [0.1, 0.15) is 11.8 Å². The van der Waals surface area contributed by atoms with Gasteiger partial charge in [-0.25, -0.2) is 0 Å². The molecule has 0 saturated carbocycles. The molecule has 0 bridgehead atoms. The number of carbonyl (C=O) groups is 4. The fraction of sp³-hybridized carbons (Fsp3) is 0.286. The Morgan fingerprint density at radius 2 is 1.91 bits per heavy atom. The molecule has 0 N–H and O–H groups in total. The maximum atomic E-state index is 13.5. The third-order valence-corrected chi connectivity index (χ3v) is 3.77. The number of fused-ring (bicyclic) bond motifs is 1. The summed E-state index contributed by atoms with van der Waals surface area (Å²) in [4.78, 5) is 48.6. The number of methoxy groups -OCH3 is 1. The van der Waals surface area contributed by atoms with Gasteiger partial charge in [0.05, 0.1) is 18.2 Å². The Balaban J connectivity index is 2.01. The van der Waals surface area contributed by atoms with E-state index < -0.39 is 34.8 Å². The Bertz CT molecular complexity index is 717. The van der Waals surface area contributed by atoms with Crippen molar-refractivity contribution in [1.29, 1.82) is 0 Å². The number of hydrogen-bond donors (Lipinski definition) is 0. The molecule has 1 saturated heterocycles. The first-order valence-electron chi connectivity index (χ1n) is 6.55. The minimum absolute atomic E-state index is 0.0464. The number of benzene rings is 1. The summed E-state index contributed by atoms with van der Waals surface area (Å²) < 4.78 is 18.5. The highest BCUT2D eigenvalue weighted by Gasteiger charge is 2.48. The molecule has 7 nitrogen and oxygen atoms in total. The first kappa shape index (κ1) is 14.2. The predicted molar refractivity (Wildman–Crippen MR) is 69.5 cm³/mol. The number of nitrogens with zero attached hydrogens (tertiary/aromatic N) is 2. The Morgan fingerprint density at radius 3 is 2.59 bits per heavy atom. The monoisotopic (exact) mass is 306 g/mol. The lowest BCUT2D eigenvalue weighted by atomic mass is 10.0. The molecule has 3 rings (SSSR count). The Morgan fingerprint density at radius 1 is 1.18 bits per heavy atom. The van der Waals surface area contributed by atoms with Crippen LogP contribution < -0.4 is 4.74 Å². The molecule has 1 aromatic carbocycles. The highest BCUT2D eigenvalue weighted by molar-refractivity contribution is 6.24. The first-order chi connectivity index (χ1) is 10.5. The topological polar surface area (TPSA) is 84.0 Å². The molecular weight excluding hydrogens is 295 g/mol. The summed E-state index contributed by atoms with van der Waals surface area (Å²) in [6.45, 7) is 0. The Labute approximate surface area is 124 Å². The van der Waals surface area contributed by atoms with E-state index in [0.717, 1.165) is 0 Å². The van der Waals surface area contributed by atoms with E-state index in [-0.39, 0.29) is 29.7 Å². The van der Waals surface area contributed by atoms with Crippen LogP contribution >= 0.6 is 0 Å². The summed E-state index contributed by atoms with van der Waals surface area (Å²) in [5.74, 6) is -3.39. The predicted octanol–water partition coefficient (Wildman–Crippen LogP) is 0.693. The highest BCUT2D eigenvalue weighted by atomic mass is 19.2. The quantitative estimate of drug-likeness (QED) is 0.593. The van der Waals surface area contributed by atoms with Gasteiger partial charge >= 0.3 is 0 Å². The molecular formula is C14H11FN2O5. The number of piperidine rings is 1. The van der Waals surface area contributed by atoms with Gasteiger partial charge in [-0.2, -0.15) is 0 Å². The van der Waals surface area contributed by atoms with Gasteiger partial charge < -0.3 is 4.74 Å². The number of hydrogen-bond acceptors (Lipinski definition) is 5. The lowest BCUT2D eigenvalue weighted by molar-refractivity contribution is -0.169. The average molecular weight is 306 g/mol. The maximum absolute atomic E-state index is 13.5. The molecule has 1 aromatic rings. The smallest absolute Gasteiger partial charge is 0.281 e. The molecule has 114 valence electrons. The second-order valence-corrected chi connectivity index (χ2v) is 4.93. The largest absolute Gasteiger partial charge is 0.496 e. The minimum Gasteiger partial charge on any atom is -0.496 e. The van der Waals surface area contributed by atoms with E-state index >= 15 is 0 Å². The Hall–Kier alpha value is -2.77. The van der Waals surface area contributed by atoms with Crippen LogP contribution in [0.3, 0.4) is 0 Å². The zero-order valence-corrected chi connectivity index (χ0v) is 11.5. The number of ether oxygens (including phenoxy) is 1. The van der Waals surface area contributed by atoms with Crippen molar-refractivity contribution in [1.82, 2.24) is 10.0 Å². The van der Waals surface area contributed by atoms with Crippen LogP contribution in [-0.4, -0.2) is 46.8 Å². The molecule has 1 atom stereocenters. The van der Waals surface area contributed by atoms with E-state index in [1.54, 1.807) is 6.07 Å². The Kier molecular flexibility index (Phi) is 3.16. The molecule has 2 heterocycles. The molecule has 8 heteroatoms. The van der Waals surface area contributed by atoms with Crippen LogP contribution in [0.4, 0.5) is 4.48 Å². The van der Waals surface area contributed by atoms with E-state index in [2.05, 4.69) is 0 Å². The van der Waals surface area contributed by atoms with Crippen molar-refractivity contribution in [2.24, 2.45) is 0 Å². The zero-order valence-electron chi connectivity index (χ0n) is 11.5. The number of imide groups is 2. The van der Waals surface area contributed by atoms with E-state index in [9.17, 15) is 23.7 Å². The molecule has 0 aromatic heterocycles. The molecule has 1 unspecified atom stereocenters. The molecule has 0 spiro atoms. The molecule has 2 aliphatic heterocycles. The fourth-order valence-corrected chi connectivity index (χ4v) is 2.70. The van der Waals surface area contributed by atoms with Gasteiger partial charge in [-0.1, -0.05) is 10.5 Å². The van der Waals surface area contributed by atoms with Gasteiger partial charge in [-0.3, -0.25) is 24.1 Å². The van der Waals surface area contributed by atoms with Gasteiger partial charge in [-0.05, 0) is 18.6 Å². The minimum atomic E-state index is -1.32. The van der Waals surface area contributed by atoms with Crippen molar-refractivity contribution in [2.45, 2.75) is 18.9 Å². The van der Waals surface area contributed by atoms with Crippen LogP contribution in [0.25, 0.3) is 0 Å². The summed E-state index contributed by atoms with van der Waals surface area (Å²) in [5, 5.41) is -0.533. The van der Waals surface area contributed by atoms with Crippen LogP contribution in [0, 0.1) is 0 Å². The van der Waals surface area contributed by atoms with Crippen molar-refractivity contribution in [2.75, 3.05) is 7.11 Å².